The second kappa shape index (κ2) is 23.6. The van der Waals surface area contributed by atoms with Crippen LogP contribution in [0.15, 0.2) is 259 Å². The Morgan fingerprint density at radius 3 is 1.71 bits per heavy atom. The van der Waals surface area contributed by atoms with E-state index >= 15 is 0 Å². The molecule has 0 fully saturated rings. The fourth-order valence-corrected chi connectivity index (χ4v) is 10.3. The lowest BCUT2D eigenvalue weighted by molar-refractivity contribution is -0.145. The van der Waals surface area contributed by atoms with Crippen LogP contribution in [0.4, 0.5) is 13.2 Å². The van der Waals surface area contributed by atoms with Crippen LogP contribution in [-0.4, -0.2) is 32.5 Å². The summed E-state index contributed by atoms with van der Waals surface area (Å²) in [6, 6.07) is 77.7. The van der Waals surface area contributed by atoms with Gasteiger partial charge < -0.3 is 23.9 Å². The van der Waals surface area contributed by atoms with Crippen LogP contribution in [0.5, 0.6) is 5.75 Å². The Morgan fingerprint density at radius 1 is 0.512 bits per heavy atom. The average Bonchev–Trinajstić information content (AvgIpc) is 4.28. The molecule has 0 saturated heterocycles. The van der Waals surface area contributed by atoms with Gasteiger partial charge in [0.25, 0.3) is 0 Å². The normalized spacial score (nSPS) is 12.1. The molecule has 0 bridgehead atoms. The third kappa shape index (κ3) is 12.1. The summed E-state index contributed by atoms with van der Waals surface area (Å²) in [6.07, 6.45) is -3.95. The molecule has 2 N–H and O–H groups in total. The molecule has 0 saturated carbocycles. The fourth-order valence-electron chi connectivity index (χ4n) is 10.3. The zero-order valence-electron chi connectivity index (χ0n) is 44.0. The van der Waals surface area contributed by atoms with Gasteiger partial charge in [0.2, 0.25) is 6.10 Å². The Labute approximate surface area is 470 Å². The number of aromatic nitrogens is 1. The largest absolute Gasteiger partial charge is 0.481 e. The van der Waals surface area contributed by atoms with E-state index in [4.69, 9.17) is 9.15 Å². The molecule has 404 valence electrons. The van der Waals surface area contributed by atoms with Crippen molar-refractivity contribution in [2.45, 2.75) is 31.7 Å². The molecule has 2 aromatic heterocycles. The number of hydrogen-bond acceptors (Lipinski definition) is 5. The second-order valence-corrected chi connectivity index (χ2v) is 20.1. The van der Waals surface area contributed by atoms with Gasteiger partial charge in [-0.1, -0.05) is 212 Å². The number of ketones is 1. The summed E-state index contributed by atoms with van der Waals surface area (Å²) in [5.74, 6) is -3.29. The second-order valence-electron chi connectivity index (χ2n) is 20.1. The first-order valence-corrected chi connectivity index (χ1v) is 26.6. The van der Waals surface area contributed by atoms with Crippen molar-refractivity contribution in [3.05, 3.63) is 283 Å². The lowest BCUT2D eigenvalue weighted by atomic mass is 9.91. The highest BCUT2D eigenvalue weighted by Crippen LogP contribution is 2.37. The lowest BCUT2D eigenvalue weighted by Crippen LogP contribution is -2.20. The molecule has 0 radical (unpaired) electrons. The molecule has 0 aliphatic heterocycles. The monoisotopic (exact) mass is 1090 g/mol. The summed E-state index contributed by atoms with van der Waals surface area (Å²) in [5.41, 5.74) is 12.7. The first-order chi connectivity index (χ1) is 39.8. The number of Topliss-reactive ketones (excluding diaryl/α,β-unsaturated/α-hetero) is 1. The van der Waals surface area contributed by atoms with Gasteiger partial charge in [-0.25, -0.2) is 4.79 Å². The van der Waals surface area contributed by atoms with Crippen LogP contribution in [0.3, 0.4) is 0 Å². The summed E-state index contributed by atoms with van der Waals surface area (Å²) in [5, 5.41) is 22.7. The van der Waals surface area contributed by atoms with E-state index in [0.717, 1.165) is 79.6 Å². The summed E-state index contributed by atoms with van der Waals surface area (Å²) >= 11 is 0. The molecule has 2 atom stereocenters. The Bertz CT molecular complexity index is 4210. The number of furan rings is 1. The van der Waals surface area contributed by atoms with Crippen molar-refractivity contribution in [2.75, 3.05) is 0 Å². The number of carboxylic acid groups (broad SMARTS) is 2. The highest BCUT2D eigenvalue weighted by molar-refractivity contribution is 6.09. The number of hydrogen-bond donors (Lipinski definition) is 2. The maximum absolute atomic E-state index is 13.1. The van der Waals surface area contributed by atoms with Crippen LogP contribution in [0.25, 0.3) is 77.3 Å². The number of aliphatic carboxylic acids is 2. The third-order valence-corrected chi connectivity index (χ3v) is 14.6. The maximum Gasteiger partial charge on any atom is 0.416 e. The van der Waals surface area contributed by atoms with Crippen LogP contribution in [-0.2, 0) is 28.7 Å². The van der Waals surface area contributed by atoms with Crippen LogP contribution in [0, 0.1) is 5.92 Å². The topological polar surface area (TPSA) is 119 Å². The number of nitrogens with zero attached hydrogens (tertiary/aromatic N) is 1. The minimum Gasteiger partial charge on any atom is -0.481 e. The number of carboxylic acids is 2. The SMILES string of the molecule is O=C(CC(Cc1cccc(C(F)(F)F)c1)C(=O)O)c1ccc(-c2ccc(-c3cccc4c3oc3ccccc34)cc2)cc1.O=C(O)C(Oc1ccc(-c2ccc(-c3ccc4ccn(Cc5ccccc5)c4c3)cc2)cc1)c1ccccc1. The summed E-state index contributed by atoms with van der Waals surface area (Å²) in [4.78, 5) is 36.6. The van der Waals surface area contributed by atoms with E-state index in [1.54, 1.807) is 36.4 Å². The Balaban J connectivity index is 0.000000173. The number of fused-ring (bicyclic) bond motifs is 4. The number of ether oxygens (including phenoxy) is 1. The number of benzene rings is 10. The van der Waals surface area contributed by atoms with Gasteiger partial charge in [0.05, 0.1) is 11.5 Å². The van der Waals surface area contributed by atoms with Crippen molar-refractivity contribution in [1.29, 1.82) is 0 Å². The Kier molecular flexibility index (Phi) is 15.5. The Hall–Kier alpha value is -10.3. The average molecular weight is 1090 g/mol. The number of carbonyl (C=O) groups excluding carboxylic acids is 1. The van der Waals surface area contributed by atoms with Gasteiger partial charge in [0, 0.05) is 52.1 Å². The van der Waals surface area contributed by atoms with E-state index in [9.17, 15) is 37.8 Å². The molecule has 12 rings (SSSR count). The quantitative estimate of drug-likeness (QED) is 0.0925. The highest BCUT2D eigenvalue weighted by Gasteiger charge is 2.31. The van der Waals surface area contributed by atoms with E-state index in [1.165, 1.54) is 34.2 Å². The fraction of sp³-hybridized carbons (Fsp3) is 0.0845. The zero-order valence-corrected chi connectivity index (χ0v) is 44.0. The Morgan fingerprint density at radius 2 is 1.06 bits per heavy atom. The molecule has 0 aliphatic carbocycles. The standard InChI is InChI=1S/C36H25F3O4.C35H27NO3/c37-36(38,39)28-6-3-5-22(20-28)19-27(35(41)42)21-32(40)26-17-13-24(14-18-26)23-11-15-25(16-12-23)29-8-4-9-31-30-7-1-2-10-33(30)43-34(29)31;37-35(38)34(30-9-5-2-6-10-30)39-32-19-17-27(18-20-32)26-11-13-28(14-12-26)31-16-15-29-21-22-36(33(29)23-31)24-25-7-3-1-4-8-25/h1-18,20,27H,19,21H2,(H,41,42);1-23,34H,24H2,(H,37,38). The van der Waals surface area contributed by atoms with Crippen molar-refractivity contribution in [3.8, 4) is 50.3 Å². The molecule has 0 aliphatic rings. The van der Waals surface area contributed by atoms with Crippen molar-refractivity contribution >= 4 is 50.6 Å². The third-order valence-electron chi connectivity index (χ3n) is 14.6. The van der Waals surface area contributed by atoms with E-state index in [-0.39, 0.29) is 24.2 Å². The molecule has 11 heteroatoms. The smallest absolute Gasteiger partial charge is 0.416 e. The minimum atomic E-state index is -4.53. The van der Waals surface area contributed by atoms with E-state index < -0.39 is 35.7 Å². The first-order valence-electron chi connectivity index (χ1n) is 26.6. The first kappa shape index (κ1) is 53.7. The lowest BCUT2D eigenvalue weighted by Gasteiger charge is -2.16. The summed E-state index contributed by atoms with van der Waals surface area (Å²) in [7, 11) is 0. The van der Waals surface area contributed by atoms with Crippen molar-refractivity contribution < 1.29 is 46.9 Å². The molecule has 0 spiro atoms. The minimum absolute atomic E-state index is 0.183. The molecule has 2 unspecified atom stereocenters. The molecular formula is C71H52F3NO7. The molecular weight excluding hydrogens is 1040 g/mol. The summed E-state index contributed by atoms with van der Waals surface area (Å²) < 4.78 is 53.5. The van der Waals surface area contributed by atoms with Crippen molar-refractivity contribution in [1.82, 2.24) is 4.57 Å². The van der Waals surface area contributed by atoms with Crippen LogP contribution >= 0.6 is 0 Å². The predicted molar refractivity (Wildman–Crippen MR) is 316 cm³/mol. The molecule has 10 aromatic carbocycles. The molecule has 12 aromatic rings. The van der Waals surface area contributed by atoms with Crippen LogP contribution in [0.2, 0.25) is 0 Å². The number of para-hydroxylation sites is 2. The van der Waals surface area contributed by atoms with Gasteiger partial charge >= 0.3 is 18.1 Å². The van der Waals surface area contributed by atoms with E-state index in [1.807, 2.05) is 115 Å². The van der Waals surface area contributed by atoms with Gasteiger partial charge in [-0.15, -0.1) is 0 Å². The number of halogens is 3. The molecule has 0 amide bonds. The van der Waals surface area contributed by atoms with Gasteiger partial charge in [-0.3, -0.25) is 9.59 Å². The van der Waals surface area contributed by atoms with E-state index in [0.29, 0.717) is 16.9 Å². The van der Waals surface area contributed by atoms with Crippen molar-refractivity contribution in [3.63, 3.8) is 0 Å². The van der Waals surface area contributed by atoms with Gasteiger partial charge in [0.15, 0.2) is 5.78 Å². The molecule has 2 heterocycles. The molecule has 8 nitrogen and oxygen atoms in total. The van der Waals surface area contributed by atoms with Crippen LogP contribution < -0.4 is 4.74 Å². The van der Waals surface area contributed by atoms with Crippen LogP contribution in [0.1, 0.15) is 45.1 Å². The molecule has 82 heavy (non-hydrogen) atoms. The van der Waals surface area contributed by atoms with Gasteiger partial charge in [-0.05, 0) is 98.3 Å². The van der Waals surface area contributed by atoms with E-state index in [2.05, 4.69) is 83.6 Å². The van der Waals surface area contributed by atoms with Gasteiger partial charge in [-0.2, -0.15) is 13.2 Å². The summed E-state index contributed by atoms with van der Waals surface area (Å²) in [6.45, 7) is 0.838. The van der Waals surface area contributed by atoms with Crippen molar-refractivity contribution in [2.24, 2.45) is 5.92 Å². The highest BCUT2D eigenvalue weighted by atomic mass is 19.4. The number of rotatable bonds is 16. The van der Waals surface area contributed by atoms with Gasteiger partial charge in [0.1, 0.15) is 16.9 Å². The number of carbonyl (C=O) groups is 3. The number of alkyl halides is 3. The predicted octanol–water partition coefficient (Wildman–Crippen LogP) is 17.7. The maximum atomic E-state index is 13.1. The zero-order chi connectivity index (χ0) is 56.7.